The van der Waals surface area contributed by atoms with Crippen molar-refractivity contribution >= 4 is 11.9 Å². The average molecular weight is 371 g/mol. The number of hydrogen-bond acceptors (Lipinski definition) is 2. The van der Waals surface area contributed by atoms with Gasteiger partial charge < -0.3 is 15.5 Å². The highest BCUT2D eigenvalue weighted by Crippen LogP contribution is 2.26. The molecule has 1 unspecified atom stereocenters. The molecule has 1 atom stereocenters. The summed E-state index contributed by atoms with van der Waals surface area (Å²) < 4.78 is 0. The van der Waals surface area contributed by atoms with Crippen LogP contribution in [0.5, 0.6) is 0 Å². The Hall–Kier alpha value is -2.04. The molecule has 2 N–H and O–H groups in total. The average Bonchev–Trinajstić information content (AvgIpc) is 3.16. The van der Waals surface area contributed by atoms with E-state index in [0.29, 0.717) is 12.5 Å². The molecule has 5 heteroatoms. The third-order valence-electron chi connectivity index (χ3n) is 5.68. The summed E-state index contributed by atoms with van der Waals surface area (Å²) in [6.45, 7) is 7.33. The van der Waals surface area contributed by atoms with Gasteiger partial charge in [-0.3, -0.25) is 4.79 Å². The van der Waals surface area contributed by atoms with Crippen molar-refractivity contribution < 1.29 is 4.79 Å². The zero-order chi connectivity index (χ0) is 19.1. The van der Waals surface area contributed by atoms with Crippen molar-refractivity contribution in [3.8, 4) is 0 Å². The van der Waals surface area contributed by atoms with Crippen LogP contribution in [0.2, 0.25) is 0 Å². The summed E-state index contributed by atoms with van der Waals surface area (Å²) in [5, 5.41) is 6.87. The van der Waals surface area contributed by atoms with E-state index in [2.05, 4.69) is 53.6 Å². The standard InChI is InChI=1S/C22H34N4O/c1-3-23-22(24-15-18-11-9-17(2)10-12-18)25-20-13-14-26(16-20)21(27)19-7-5-4-6-8-19/h9-12,19-20H,3-8,13-16H2,1-2H3,(H2,23,24,25). The van der Waals surface area contributed by atoms with Crippen LogP contribution < -0.4 is 10.6 Å². The van der Waals surface area contributed by atoms with Crippen LogP contribution in [0, 0.1) is 12.8 Å². The molecule has 2 aliphatic rings. The van der Waals surface area contributed by atoms with Crippen molar-refractivity contribution in [3.63, 3.8) is 0 Å². The molecule has 0 spiro atoms. The minimum Gasteiger partial charge on any atom is -0.357 e. The first-order chi connectivity index (χ1) is 13.2. The van der Waals surface area contributed by atoms with Gasteiger partial charge in [-0.1, -0.05) is 49.1 Å². The van der Waals surface area contributed by atoms with Gasteiger partial charge in [0.25, 0.3) is 0 Å². The summed E-state index contributed by atoms with van der Waals surface area (Å²) in [5.74, 6) is 1.48. The zero-order valence-electron chi connectivity index (χ0n) is 16.8. The molecule has 0 bridgehead atoms. The summed E-state index contributed by atoms with van der Waals surface area (Å²) in [6, 6.07) is 8.78. The van der Waals surface area contributed by atoms with E-state index in [1.807, 2.05) is 0 Å². The Morgan fingerprint density at radius 3 is 2.59 bits per heavy atom. The van der Waals surface area contributed by atoms with Crippen molar-refractivity contribution in [2.75, 3.05) is 19.6 Å². The number of hydrogen-bond donors (Lipinski definition) is 2. The van der Waals surface area contributed by atoms with Gasteiger partial charge in [-0.05, 0) is 38.7 Å². The minimum atomic E-state index is 0.265. The highest BCUT2D eigenvalue weighted by molar-refractivity contribution is 5.81. The quantitative estimate of drug-likeness (QED) is 0.618. The molecule has 0 radical (unpaired) electrons. The normalized spacial score (nSPS) is 21.3. The third kappa shape index (κ3) is 5.72. The lowest BCUT2D eigenvalue weighted by Crippen LogP contribution is -2.45. The molecule has 3 rings (SSSR count). The largest absolute Gasteiger partial charge is 0.357 e. The molecule has 0 aromatic heterocycles. The van der Waals surface area contributed by atoms with Crippen LogP contribution in [0.15, 0.2) is 29.3 Å². The smallest absolute Gasteiger partial charge is 0.225 e. The van der Waals surface area contributed by atoms with Crippen molar-refractivity contribution in [1.82, 2.24) is 15.5 Å². The molecule has 1 saturated heterocycles. The number of rotatable bonds is 5. The molecule has 1 saturated carbocycles. The number of nitrogens with one attached hydrogen (secondary N) is 2. The maximum Gasteiger partial charge on any atom is 0.225 e. The molecule has 2 fully saturated rings. The first-order valence-corrected chi connectivity index (χ1v) is 10.5. The van der Waals surface area contributed by atoms with Crippen LogP contribution in [0.3, 0.4) is 0 Å². The Balaban J connectivity index is 1.52. The van der Waals surface area contributed by atoms with Gasteiger partial charge in [0.15, 0.2) is 5.96 Å². The predicted octanol–water partition coefficient (Wildman–Crippen LogP) is 3.23. The molecule has 1 aliphatic carbocycles. The predicted molar refractivity (Wildman–Crippen MR) is 111 cm³/mol. The second-order valence-corrected chi connectivity index (χ2v) is 7.93. The number of nitrogens with zero attached hydrogens (tertiary/aromatic N) is 2. The number of aliphatic imine (C=N–C) groups is 1. The Labute approximate surface area is 163 Å². The Morgan fingerprint density at radius 1 is 1.15 bits per heavy atom. The topological polar surface area (TPSA) is 56.7 Å². The van der Waals surface area contributed by atoms with E-state index in [4.69, 9.17) is 4.99 Å². The number of guanidine groups is 1. The minimum absolute atomic E-state index is 0.265. The van der Waals surface area contributed by atoms with Gasteiger partial charge in [0.05, 0.1) is 6.54 Å². The fourth-order valence-corrected chi connectivity index (χ4v) is 4.06. The molecule has 1 heterocycles. The van der Waals surface area contributed by atoms with E-state index < -0.39 is 0 Å². The summed E-state index contributed by atoms with van der Waals surface area (Å²) in [7, 11) is 0. The maximum atomic E-state index is 12.7. The van der Waals surface area contributed by atoms with Gasteiger partial charge >= 0.3 is 0 Å². The van der Waals surface area contributed by atoms with E-state index in [-0.39, 0.29) is 12.0 Å². The third-order valence-corrected chi connectivity index (χ3v) is 5.68. The summed E-state index contributed by atoms with van der Waals surface area (Å²) in [5.41, 5.74) is 2.47. The van der Waals surface area contributed by atoms with Gasteiger partial charge in [0.1, 0.15) is 0 Å². The number of amides is 1. The summed E-state index contributed by atoms with van der Waals surface area (Å²) in [4.78, 5) is 19.5. The molecule has 5 nitrogen and oxygen atoms in total. The monoisotopic (exact) mass is 370 g/mol. The van der Waals surface area contributed by atoms with Gasteiger partial charge in [-0.2, -0.15) is 0 Å². The van der Waals surface area contributed by atoms with Gasteiger partial charge in [0.2, 0.25) is 5.91 Å². The van der Waals surface area contributed by atoms with Gasteiger partial charge in [-0.25, -0.2) is 4.99 Å². The van der Waals surface area contributed by atoms with Crippen molar-refractivity contribution in [2.45, 2.75) is 65.0 Å². The van der Waals surface area contributed by atoms with Gasteiger partial charge in [-0.15, -0.1) is 0 Å². The molecular weight excluding hydrogens is 336 g/mol. The highest BCUT2D eigenvalue weighted by atomic mass is 16.2. The van der Waals surface area contributed by atoms with Crippen LogP contribution in [-0.2, 0) is 11.3 Å². The van der Waals surface area contributed by atoms with Crippen LogP contribution in [0.25, 0.3) is 0 Å². The zero-order valence-corrected chi connectivity index (χ0v) is 16.8. The number of likely N-dealkylation sites (tertiary alicyclic amines) is 1. The van der Waals surface area contributed by atoms with E-state index in [0.717, 1.165) is 44.9 Å². The maximum absolute atomic E-state index is 12.7. The van der Waals surface area contributed by atoms with E-state index >= 15 is 0 Å². The van der Waals surface area contributed by atoms with Crippen molar-refractivity contribution in [2.24, 2.45) is 10.9 Å². The van der Waals surface area contributed by atoms with E-state index in [1.54, 1.807) is 0 Å². The van der Waals surface area contributed by atoms with Crippen LogP contribution in [-0.4, -0.2) is 42.4 Å². The lowest BCUT2D eigenvalue weighted by molar-refractivity contribution is -0.135. The number of carbonyl (C=O) groups excluding carboxylic acids is 1. The van der Waals surface area contributed by atoms with Crippen molar-refractivity contribution in [3.05, 3.63) is 35.4 Å². The Bertz CT molecular complexity index is 634. The molecule has 148 valence electrons. The molecule has 27 heavy (non-hydrogen) atoms. The second-order valence-electron chi connectivity index (χ2n) is 7.93. The van der Waals surface area contributed by atoms with Crippen LogP contribution >= 0.6 is 0 Å². The second kappa shape index (κ2) is 9.77. The highest BCUT2D eigenvalue weighted by Gasteiger charge is 2.31. The number of benzene rings is 1. The Morgan fingerprint density at radius 2 is 1.89 bits per heavy atom. The van der Waals surface area contributed by atoms with E-state index in [1.165, 1.54) is 30.4 Å². The molecule has 1 aliphatic heterocycles. The van der Waals surface area contributed by atoms with E-state index in [9.17, 15) is 4.79 Å². The number of carbonyl (C=O) groups is 1. The number of aryl methyl sites for hydroxylation is 1. The first-order valence-electron chi connectivity index (χ1n) is 10.5. The molecule has 1 aromatic rings. The van der Waals surface area contributed by atoms with Crippen molar-refractivity contribution in [1.29, 1.82) is 0 Å². The Kier molecular flexibility index (Phi) is 7.13. The molecule has 1 aromatic carbocycles. The SMILES string of the molecule is CCNC(=NCc1ccc(C)cc1)NC1CCN(C(=O)C2CCCCC2)C1. The summed E-state index contributed by atoms with van der Waals surface area (Å²) in [6.07, 6.45) is 6.86. The van der Waals surface area contributed by atoms with Gasteiger partial charge in [0, 0.05) is 31.6 Å². The fraction of sp³-hybridized carbons (Fsp3) is 0.636. The molecule has 1 amide bonds. The lowest BCUT2D eigenvalue weighted by atomic mass is 9.88. The first kappa shape index (κ1) is 19.7. The summed E-state index contributed by atoms with van der Waals surface area (Å²) >= 11 is 0. The lowest BCUT2D eigenvalue weighted by Gasteiger charge is -2.26. The van der Waals surface area contributed by atoms with Crippen LogP contribution in [0.4, 0.5) is 0 Å². The van der Waals surface area contributed by atoms with Crippen LogP contribution in [0.1, 0.15) is 56.6 Å². The molecular formula is C22H34N4O. The fourth-order valence-electron chi connectivity index (χ4n) is 4.06.